The van der Waals surface area contributed by atoms with Gasteiger partial charge in [-0.2, -0.15) is 26.3 Å². The van der Waals surface area contributed by atoms with E-state index in [0.717, 1.165) is 50.5 Å². The predicted octanol–water partition coefficient (Wildman–Crippen LogP) is 7.36. The third-order valence-electron chi connectivity index (χ3n) is 9.80. The maximum Gasteiger partial charge on any atom is 0.426 e. The highest BCUT2D eigenvalue weighted by atomic mass is 19.4. The van der Waals surface area contributed by atoms with Gasteiger partial charge in [-0.1, -0.05) is 56.4 Å². The number of hydrogen-bond acceptors (Lipinski definition) is 4. The number of rotatable bonds is 9. The summed E-state index contributed by atoms with van der Waals surface area (Å²) in [6.45, 7) is 4.49. The second-order valence-electron chi connectivity index (χ2n) is 12.8. The van der Waals surface area contributed by atoms with Crippen molar-refractivity contribution in [2.45, 2.75) is 134 Å². The minimum atomic E-state index is -5.98. The molecule has 6 atom stereocenters. The van der Waals surface area contributed by atoms with Crippen molar-refractivity contribution < 1.29 is 46.5 Å². The van der Waals surface area contributed by atoms with E-state index in [1.165, 1.54) is 5.57 Å². The number of carbonyl (C=O) groups is 1. The van der Waals surface area contributed by atoms with Crippen LogP contribution < -0.4 is 0 Å². The number of fused-ring (bicyclic) bond motifs is 1. The molecule has 3 aliphatic carbocycles. The molecule has 0 radical (unpaired) electrons. The zero-order chi connectivity index (χ0) is 29.9. The third kappa shape index (κ3) is 7.51. The first-order valence-electron chi connectivity index (χ1n) is 14.6. The van der Waals surface area contributed by atoms with Gasteiger partial charge in [0.05, 0.1) is 18.6 Å². The molecule has 1 unspecified atom stereocenters. The summed E-state index contributed by atoms with van der Waals surface area (Å²) in [4.78, 5) is 12.0. The zero-order valence-electron chi connectivity index (χ0n) is 23.5. The van der Waals surface area contributed by atoms with Crippen molar-refractivity contribution in [3.8, 4) is 0 Å². The zero-order valence-corrected chi connectivity index (χ0v) is 23.5. The Bertz CT molecular complexity index is 913. The maximum atomic E-state index is 12.9. The Kier molecular flexibility index (Phi) is 10.6. The number of Topliss-reactive ketones (excluding diaryl/α,β-unsaturated/α-hetero) is 1. The Labute approximate surface area is 232 Å². The summed E-state index contributed by atoms with van der Waals surface area (Å²) in [5.41, 5.74) is -2.47. The van der Waals surface area contributed by atoms with Gasteiger partial charge in [0.1, 0.15) is 5.78 Å². The van der Waals surface area contributed by atoms with Crippen LogP contribution in [0, 0.1) is 23.2 Å². The van der Waals surface area contributed by atoms with E-state index in [1.807, 2.05) is 0 Å². The average molecular weight is 583 g/mol. The quantitative estimate of drug-likeness (QED) is 0.196. The van der Waals surface area contributed by atoms with Crippen molar-refractivity contribution in [2.24, 2.45) is 23.2 Å². The number of unbranched alkanes of at least 4 members (excludes halogenated alkanes) is 1. The van der Waals surface area contributed by atoms with Crippen LogP contribution in [-0.2, 0) is 4.79 Å². The van der Waals surface area contributed by atoms with Gasteiger partial charge in [0.25, 0.3) is 5.60 Å². The normalized spacial score (nSPS) is 32.1. The molecule has 0 aromatic heterocycles. The van der Waals surface area contributed by atoms with Gasteiger partial charge in [0, 0.05) is 6.42 Å². The van der Waals surface area contributed by atoms with E-state index >= 15 is 0 Å². The first-order chi connectivity index (χ1) is 18.5. The first kappa shape index (κ1) is 33.1. The summed E-state index contributed by atoms with van der Waals surface area (Å²) in [5, 5.41) is 29.3. The fourth-order valence-corrected chi connectivity index (χ4v) is 7.66. The van der Waals surface area contributed by atoms with Gasteiger partial charge in [-0.05, 0) is 81.0 Å². The van der Waals surface area contributed by atoms with Crippen LogP contribution in [0.4, 0.5) is 26.3 Å². The molecular weight excluding hydrogens is 538 g/mol. The lowest BCUT2D eigenvalue weighted by Gasteiger charge is -2.53. The highest BCUT2D eigenvalue weighted by Gasteiger charge is 2.70. The molecule has 3 fully saturated rings. The summed E-state index contributed by atoms with van der Waals surface area (Å²) in [5.74, 6) is -0.130. The molecule has 3 rings (SSSR count). The van der Waals surface area contributed by atoms with Crippen LogP contribution in [-0.4, -0.2) is 51.3 Å². The fraction of sp³-hybridized carbons (Fsp3) is 0.833. The van der Waals surface area contributed by atoms with Crippen molar-refractivity contribution in [1.29, 1.82) is 0 Å². The molecule has 0 aromatic carbocycles. The van der Waals surface area contributed by atoms with Crippen LogP contribution in [0.2, 0.25) is 0 Å². The molecule has 0 aliphatic heterocycles. The van der Waals surface area contributed by atoms with Crippen molar-refractivity contribution in [3.05, 3.63) is 23.3 Å². The van der Waals surface area contributed by atoms with Gasteiger partial charge >= 0.3 is 12.4 Å². The Hall–Kier alpha value is -1.39. The Morgan fingerprint density at radius 1 is 1.00 bits per heavy atom. The fourth-order valence-electron chi connectivity index (χ4n) is 7.66. The van der Waals surface area contributed by atoms with Crippen molar-refractivity contribution in [1.82, 2.24) is 0 Å². The molecule has 0 bridgehead atoms. The molecule has 3 aliphatic rings. The summed E-state index contributed by atoms with van der Waals surface area (Å²) in [7, 11) is 0. The van der Waals surface area contributed by atoms with E-state index in [0.29, 0.717) is 37.5 Å². The minimum Gasteiger partial charge on any atom is -0.393 e. The van der Waals surface area contributed by atoms with Crippen molar-refractivity contribution in [3.63, 3.8) is 0 Å². The SMILES string of the molecule is C[C@H](CCCCC(=O)CC(O)(C(F)(F)F)C(F)(F)F)C1CCC[C@H]2/C(=C/C=C3C[C@@H](O)C[C@H](O)C3)CCC[C@]12C. The molecule has 4 nitrogen and oxygen atoms in total. The summed E-state index contributed by atoms with van der Waals surface area (Å²) in [6.07, 6.45) is -1.78. The minimum absolute atomic E-state index is 0.0809. The molecular formula is C30H44F6O4. The number of aliphatic hydroxyl groups excluding tert-OH is 2. The molecule has 0 aromatic rings. The first-order valence-corrected chi connectivity index (χ1v) is 14.6. The summed E-state index contributed by atoms with van der Waals surface area (Å²) < 4.78 is 77.3. The molecule has 10 heteroatoms. The monoisotopic (exact) mass is 582 g/mol. The lowest BCUT2D eigenvalue weighted by Crippen LogP contribution is -2.57. The second kappa shape index (κ2) is 12.9. The van der Waals surface area contributed by atoms with Gasteiger partial charge in [0.15, 0.2) is 0 Å². The number of aliphatic hydroxyl groups is 3. The highest BCUT2D eigenvalue weighted by molar-refractivity contribution is 5.79. The molecule has 0 saturated heterocycles. The van der Waals surface area contributed by atoms with Crippen LogP contribution in [0.1, 0.15) is 104 Å². The van der Waals surface area contributed by atoms with Gasteiger partial charge < -0.3 is 15.3 Å². The van der Waals surface area contributed by atoms with Gasteiger partial charge in [-0.3, -0.25) is 4.79 Å². The average Bonchev–Trinajstić information content (AvgIpc) is 2.82. The van der Waals surface area contributed by atoms with E-state index in [9.17, 15) is 46.5 Å². The van der Waals surface area contributed by atoms with E-state index in [4.69, 9.17) is 0 Å². The van der Waals surface area contributed by atoms with E-state index in [1.54, 1.807) is 0 Å². The van der Waals surface area contributed by atoms with Gasteiger partial charge in [0.2, 0.25) is 0 Å². The van der Waals surface area contributed by atoms with Gasteiger partial charge in [-0.25, -0.2) is 0 Å². The number of alkyl halides is 6. The van der Waals surface area contributed by atoms with Crippen LogP contribution in [0.3, 0.4) is 0 Å². The lowest BCUT2D eigenvalue weighted by molar-refractivity contribution is -0.367. The van der Waals surface area contributed by atoms with E-state index in [-0.39, 0.29) is 17.8 Å². The van der Waals surface area contributed by atoms with Crippen LogP contribution in [0.15, 0.2) is 23.3 Å². The predicted molar refractivity (Wildman–Crippen MR) is 139 cm³/mol. The number of allylic oxidation sites excluding steroid dienone is 3. The molecule has 0 amide bonds. The molecule has 230 valence electrons. The lowest BCUT2D eigenvalue weighted by atomic mass is 9.51. The van der Waals surface area contributed by atoms with E-state index < -0.39 is 48.8 Å². The maximum absolute atomic E-state index is 12.9. The molecule has 3 N–H and O–H groups in total. The Morgan fingerprint density at radius 2 is 1.62 bits per heavy atom. The largest absolute Gasteiger partial charge is 0.426 e. The third-order valence-corrected chi connectivity index (χ3v) is 9.80. The number of hydrogen-bond donors (Lipinski definition) is 3. The van der Waals surface area contributed by atoms with Gasteiger partial charge in [-0.15, -0.1) is 0 Å². The summed E-state index contributed by atoms with van der Waals surface area (Å²) >= 11 is 0. The molecule has 0 spiro atoms. The van der Waals surface area contributed by atoms with Crippen LogP contribution in [0.5, 0.6) is 0 Å². The molecule has 3 saturated carbocycles. The highest BCUT2D eigenvalue weighted by Crippen LogP contribution is 2.58. The number of ketones is 1. The van der Waals surface area contributed by atoms with Crippen molar-refractivity contribution >= 4 is 5.78 Å². The standard InChI is InChI=1S/C30H44F6O4/c1-19(7-3-4-9-22(37)18-28(40,29(31,32)33)30(34,35)36)25-10-5-11-26-21(8-6-14-27(25,26)2)13-12-20-15-23(38)17-24(39)16-20/h12-13,19,23-26,38-40H,3-11,14-18H2,1-2H3/b21-13+/t19-,23-,24-,25?,26+,27-/m1/s1. The van der Waals surface area contributed by atoms with Crippen molar-refractivity contribution in [2.75, 3.05) is 0 Å². The van der Waals surface area contributed by atoms with Crippen LogP contribution >= 0.6 is 0 Å². The number of halogens is 6. The second-order valence-corrected chi connectivity index (χ2v) is 12.8. The van der Waals surface area contributed by atoms with E-state index in [2.05, 4.69) is 26.0 Å². The molecule has 40 heavy (non-hydrogen) atoms. The Morgan fingerprint density at radius 3 is 2.23 bits per heavy atom. The van der Waals surface area contributed by atoms with Crippen LogP contribution in [0.25, 0.3) is 0 Å². The molecule has 0 heterocycles. The summed E-state index contributed by atoms with van der Waals surface area (Å²) in [6, 6.07) is 0. The Balaban J connectivity index is 1.57. The topological polar surface area (TPSA) is 77.8 Å². The smallest absolute Gasteiger partial charge is 0.393 e. The number of carbonyl (C=O) groups excluding carboxylic acids is 1.